The molecule has 0 radical (unpaired) electrons. The zero-order valence-corrected chi connectivity index (χ0v) is 12.7. The van der Waals surface area contributed by atoms with Crippen LogP contribution in [0, 0.1) is 6.92 Å². The summed E-state index contributed by atoms with van der Waals surface area (Å²) in [6.07, 6.45) is 0.880. The summed E-state index contributed by atoms with van der Waals surface area (Å²) < 4.78 is 5.75. The van der Waals surface area contributed by atoms with E-state index in [0.717, 1.165) is 46.8 Å². The van der Waals surface area contributed by atoms with Gasteiger partial charge in [0.2, 0.25) is 0 Å². The van der Waals surface area contributed by atoms with Gasteiger partial charge in [0.25, 0.3) is 5.56 Å². The second-order valence-corrected chi connectivity index (χ2v) is 5.49. The number of fused-ring (bicyclic) bond motifs is 1. The van der Waals surface area contributed by atoms with E-state index >= 15 is 0 Å². The molecule has 1 aromatic heterocycles. The number of nitrogens with zero attached hydrogens (tertiary/aromatic N) is 1. The Hall–Kier alpha value is -2.23. The van der Waals surface area contributed by atoms with E-state index in [1.54, 1.807) is 0 Å². The van der Waals surface area contributed by atoms with Crippen molar-refractivity contribution in [1.29, 1.82) is 0 Å². The number of ether oxygens (including phenoxy) is 1. The minimum Gasteiger partial charge on any atom is -0.490 e. The van der Waals surface area contributed by atoms with Crippen molar-refractivity contribution in [2.45, 2.75) is 20.3 Å². The summed E-state index contributed by atoms with van der Waals surface area (Å²) >= 11 is 0. The van der Waals surface area contributed by atoms with Crippen LogP contribution >= 0.6 is 0 Å². The molecule has 1 aromatic carbocycles. The SMILES string of the molecule is CCc1cc(C)c(=O)[nH]c1-c1ccc2c(c1)OCCN2C. The number of pyridine rings is 1. The Labute approximate surface area is 124 Å². The van der Waals surface area contributed by atoms with Crippen molar-refractivity contribution < 1.29 is 4.74 Å². The first-order valence-electron chi connectivity index (χ1n) is 7.31. The molecule has 110 valence electrons. The Morgan fingerprint density at radius 3 is 2.90 bits per heavy atom. The number of aromatic nitrogens is 1. The van der Waals surface area contributed by atoms with Crippen molar-refractivity contribution in [1.82, 2.24) is 4.98 Å². The van der Waals surface area contributed by atoms with Gasteiger partial charge in [-0.1, -0.05) is 13.0 Å². The monoisotopic (exact) mass is 284 g/mol. The maximum absolute atomic E-state index is 11.9. The minimum atomic E-state index is -0.0297. The molecule has 3 rings (SSSR count). The molecule has 0 saturated heterocycles. The summed E-state index contributed by atoms with van der Waals surface area (Å²) in [7, 11) is 2.06. The average molecular weight is 284 g/mol. The highest BCUT2D eigenvalue weighted by atomic mass is 16.5. The zero-order chi connectivity index (χ0) is 15.0. The fourth-order valence-electron chi connectivity index (χ4n) is 2.74. The van der Waals surface area contributed by atoms with Crippen LogP contribution in [0.2, 0.25) is 0 Å². The van der Waals surface area contributed by atoms with Crippen LogP contribution in [0.5, 0.6) is 5.75 Å². The van der Waals surface area contributed by atoms with Crippen LogP contribution in [-0.2, 0) is 6.42 Å². The van der Waals surface area contributed by atoms with Crippen molar-refractivity contribution in [2.75, 3.05) is 25.1 Å². The predicted molar refractivity (Wildman–Crippen MR) is 85.4 cm³/mol. The maximum Gasteiger partial charge on any atom is 0.251 e. The normalized spacial score (nSPS) is 13.8. The number of aromatic amines is 1. The topological polar surface area (TPSA) is 45.3 Å². The van der Waals surface area contributed by atoms with Crippen LogP contribution in [0.15, 0.2) is 29.1 Å². The Morgan fingerprint density at radius 2 is 2.14 bits per heavy atom. The molecule has 0 bridgehead atoms. The lowest BCUT2D eigenvalue weighted by Crippen LogP contribution is -2.28. The van der Waals surface area contributed by atoms with Gasteiger partial charge >= 0.3 is 0 Å². The first-order chi connectivity index (χ1) is 10.1. The molecule has 4 nitrogen and oxygen atoms in total. The molecular formula is C17H20N2O2. The summed E-state index contributed by atoms with van der Waals surface area (Å²) in [5.74, 6) is 0.879. The molecule has 21 heavy (non-hydrogen) atoms. The van der Waals surface area contributed by atoms with Crippen molar-refractivity contribution in [2.24, 2.45) is 0 Å². The molecule has 1 aliphatic rings. The largest absolute Gasteiger partial charge is 0.490 e. The molecule has 2 aromatic rings. The standard InChI is InChI=1S/C17H20N2O2/c1-4-12-9-11(2)17(20)18-16(12)13-5-6-14-15(10-13)21-8-7-19(14)3/h5-6,9-10H,4,7-8H2,1-3H3,(H,18,20). The molecule has 0 atom stereocenters. The number of likely N-dealkylation sites (N-methyl/N-ethyl adjacent to an activating group) is 1. The van der Waals surface area contributed by atoms with Crippen molar-refractivity contribution in [3.63, 3.8) is 0 Å². The van der Waals surface area contributed by atoms with Gasteiger partial charge in [-0.15, -0.1) is 0 Å². The van der Waals surface area contributed by atoms with E-state index in [1.807, 2.05) is 25.1 Å². The Kier molecular flexibility index (Phi) is 3.45. The molecule has 0 aliphatic carbocycles. The number of nitrogens with one attached hydrogen (secondary N) is 1. The first kappa shape index (κ1) is 13.7. The summed E-state index contributed by atoms with van der Waals surface area (Å²) in [5.41, 5.74) is 4.86. The second-order valence-electron chi connectivity index (χ2n) is 5.49. The number of hydrogen-bond donors (Lipinski definition) is 1. The molecule has 0 unspecified atom stereocenters. The van der Waals surface area contributed by atoms with Gasteiger partial charge < -0.3 is 14.6 Å². The predicted octanol–water partition coefficient (Wildman–Crippen LogP) is 2.74. The molecular weight excluding hydrogens is 264 g/mol. The molecule has 1 aliphatic heterocycles. The Morgan fingerprint density at radius 1 is 1.33 bits per heavy atom. The summed E-state index contributed by atoms with van der Waals surface area (Å²) in [6, 6.07) is 8.09. The molecule has 0 saturated carbocycles. The van der Waals surface area contributed by atoms with Gasteiger partial charge in [0.1, 0.15) is 12.4 Å². The number of benzene rings is 1. The molecule has 0 amide bonds. The van der Waals surface area contributed by atoms with Crippen LogP contribution in [-0.4, -0.2) is 25.2 Å². The minimum absolute atomic E-state index is 0.0297. The summed E-state index contributed by atoms with van der Waals surface area (Å²) in [4.78, 5) is 17.1. The second kappa shape index (κ2) is 5.28. The van der Waals surface area contributed by atoms with E-state index in [0.29, 0.717) is 6.61 Å². The van der Waals surface area contributed by atoms with E-state index in [4.69, 9.17) is 4.74 Å². The van der Waals surface area contributed by atoms with E-state index < -0.39 is 0 Å². The van der Waals surface area contributed by atoms with Crippen LogP contribution in [0.4, 0.5) is 5.69 Å². The fourth-order valence-corrected chi connectivity index (χ4v) is 2.74. The molecule has 0 spiro atoms. The molecule has 0 fully saturated rings. The number of hydrogen-bond acceptors (Lipinski definition) is 3. The van der Waals surface area contributed by atoms with Crippen LogP contribution in [0.3, 0.4) is 0 Å². The van der Waals surface area contributed by atoms with E-state index in [9.17, 15) is 4.79 Å². The van der Waals surface area contributed by atoms with Gasteiger partial charge in [-0.05, 0) is 37.1 Å². The van der Waals surface area contributed by atoms with Gasteiger partial charge in [0.15, 0.2) is 0 Å². The van der Waals surface area contributed by atoms with E-state index in [2.05, 4.69) is 29.9 Å². The highest BCUT2D eigenvalue weighted by Gasteiger charge is 2.16. The number of aryl methyl sites for hydroxylation is 2. The quantitative estimate of drug-likeness (QED) is 0.922. The van der Waals surface area contributed by atoms with Gasteiger partial charge in [-0.2, -0.15) is 0 Å². The van der Waals surface area contributed by atoms with E-state index in [1.165, 1.54) is 0 Å². The summed E-state index contributed by atoms with van der Waals surface area (Å²) in [6.45, 7) is 5.53. The molecule has 2 heterocycles. The van der Waals surface area contributed by atoms with E-state index in [-0.39, 0.29) is 5.56 Å². The van der Waals surface area contributed by atoms with Crippen molar-refractivity contribution in [3.05, 3.63) is 45.7 Å². The van der Waals surface area contributed by atoms with Gasteiger partial charge in [0.05, 0.1) is 17.9 Å². The first-order valence-corrected chi connectivity index (χ1v) is 7.31. The lowest BCUT2D eigenvalue weighted by molar-refractivity contribution is 0.311. The smallest absolute Gasteiger partial charge is 0.251 e. The lowest BCUT2D eigenvalue weighted by atomic mass is 10.0. The maximum atomic E-state index is 11.9. The average Bonchev–Trinajstić information content (AvgIpc) is 2.49. The third kappa shape index (κ3) is 2.42. The van der Waals surface area contributed by atoms with Crippen molar-refractivity contribution >= 4 is 5.69 Å². The van der Waals surface area contributed by atoms with Gasteiger partial charge in [-0.25, -0.2) is 0 Å². The third-order valence-corrected chi connectivity index (χ3v) is 4.03. The van der Waals surface area contributed by atoms with Crippen molar-refractivity contribution in [3.8, 4) is 17.0 Å². The highest BCUT2D eigenvalue weighted by molar-refractivity contribution is 5.71. The molecule has 4 heteroatoms. The number of anilines is 1. The Balaban J connectivity index is 2.13. The zero-order valence-electron chi connectivity index (χ0n) is 12.7. The number of H-pyrrole nitrogens is 1. The lowest BCUT2D eigenvalue weighted by Gasteiger charge is -2.28. The molecule has 1 N–H and O–H groups in total. The highest BCUT2D eigenvalue weighted by Crippen LogP contribution is 2.35. The Bertz CT molecular complexity index is 734. The summed E-state index contributed by atoms with van der Waals surface area (Å²) in [5, 5.41) is 0. The van der Waals surface area contributed by atoms with Crippen LogP contribution in [0.25, 0.3) is 11.3 Å². The number of rotatable bonds is 2. The van der Waals surface area contributed by atoms with Crippen LogP contribution in [0.1, 0.15) is 18.1 Å². The van der Waals surface area contributed by atoms with Crippen LogP contribution < -0.4 is 15.2 Å². The fraction of sp³-hybridized carbons (Fsp3) is 0.353. The third-order valence-electron chi connectivity index (χ3n) is 4.03. The van der Waals surface area contributed by atoms with Gasteiger partial charge in [-0.3, -0.25) is 4.79 Å². The van der Waals surface area contributed by atoms with Gasteiger partial charge in [0, 0.05) is 18.2 Å².